The molecule has 4 fully saturated rings. The van der Waals surface area contributed by atoms with Gasteiger partial charge in [0.2, 0.25) is 0 Å². The second-order valence-electron chi connectivity index (χ2n) is 31.1. The number of imide groups is 3. The third-order valence-electron chi connectivity index (χ3n) is 17.4. The lowest BCUT2D eigenvalue weighted by Gasteiger charge is -2.51. The third-order valence-corrected chi connectivity index (χ3v) is 17.4. The van der Waals surface area contributed by atoms with E-state index >= 15 is 14.4 Å². The highest BCUT2D eigenvalue weighted by molar-refractivity contribution is 6.08. The molecule has 3 aromatic rings. The summed E-state index contributed by atoms with van der Waals surface area (Å²) in [4.78, 5) is 105. The maximum Gasteiger partial charge on any atom is 0.340 e. The predicted molar refractivity (Wildman–Crippen MR) is 327 cm³/mol. The minimum Gasteiger partial charge on any atom is -0.507 e. The van der Waals surface area contributed by atoms with Crippen LogP contribution in [-0.4, -0.2) is 123 Å². The molecule has 9 amide bonds. The van der Waals surface area contributed by atoms with Crippen LogP contribution in [0.2, 0.25) is 0 Å². The largest absolute Gasteiger partial charge is 0.507 e. The summed E-state index contributed by atoms with van der Waals surface area (Å²) in [5, 5.41) is 49.1. The van der Waals surface area contributed by atoms with E-state index in [1.165, 1.54) is 5.01 Å². The highest BCUT2D eigenvalue weighted by Gasteiger charge is 2.61. The predicted octanol–water partition coefficient (Wildman–Crippen LogP) is 10.6. The molecule has 0 saturated carbocycles. The van der Waals surface area contributed by atoms with Crippen molar-refractivity contribution in [2.24, 2.45) is 0 Å². The van der Waals surface area contributed by atoms with Crippen LogP contribution in [-0.2, 0) is 70.9 Å². The van der Waals surface area contributed by atoms with Gasteiger partial charge in [0.15, 0.2) is 11.9 Å². The smallest absolute Gasteiger partial charge is 0.340 e. The van der Waals surface area contributed by atoms with E-state index < -0.39 is 110 Å². The number of amides is 9. The van der Waals surface area contributed by atoms with Crippen LogP contribution >= 0.6 is 0 Å². The molecule has 4 aliphatic rings. The SMILES string of the molecule is CCC(=O)C1N(N2C(=O)NC(C)(CCc3cc(C(C)(C)C)c(O)c(C(C)(C)C)c3)C2=O)CN(N2C(=O)NC(C)(CCc3cc(C(C)(C)C)c(O)c(C(C)(C)C)c3)C2=O)CN1N1C(=O)NC(C)(CCc2cc(C(C)(C)C)c(O)c(C(C)(C)C)c2)C1=O. The number of rotatable bonds is 14. The van der Waals surface area contributed by atoms with Crippen molar-refractivity contribution in [3.63, 3.8) is 0 Å². The van der Waals surface area contributed by atoms with Gasteiger partial charge in [0, 0.05) is 6.42 Å². The average Bonchev–Trinajstić information content (AvgIpc) is 1.71. The van der Waals surface area contributed by atoms with Gasteiger partial charge in [0.25, 0.3) is 17.7 Å². The molecule has 466 valence electrons. The van der Waals surface area contributed by atoms with Crippen LogP contribution in [0.3, 0.4) is 0 Å². The zero-order valence-electron chi connectivity index (χ0n) is 54.8. The van der Waals surface area contributed by atoms with Crippen LogP contribution in [0, 0.1) is 0 Å². The number of phenols is 3. The number of aromatic hydroxyl groups is 3. The Hall–Kier alpha value is -6.57. The van der Waals surface area contributed by atoms with Gasteiger partial charge in [0.1, 0.15) is 33.9 Å². The number of aryl methyl sites for hydroxylation is 3. The van der Waals surface area contributed by atoms with Gasteiger partial charge in [-0.3, -0.25) is 19.2 Å². The molecule has 7 rings (SSSR count). The van der Waals surface area contributed by atoms with E-state index in [9.17, 15) is 34.5 Å². The summed E-state index contributed by atoms with van der Waals surface area (Å²) in [7, 11) is 0. The highest BCUT2D eigenvalue weighted by Crippen LogP contribution is 2.45. The average molecular weight is 1180 g/mol. The van der Waals surface area contributed by atoms with Crippen LogP contribution in [0.15, 0.2) is 36.4 Å². The molecule has 85 heavy (non-hydrogen) atoms. The first kappa shape index (κ1) is 66.0. The minimum atomic E-state index is -1.69. The molecule has 0 aliphatic carbocycles. The molecule has 0 spiro atoms. The number of hydrazine groups is 3. The van der Waals surface area contributed by atoms with Crippen molar-refractivity contribution in [3.8, 4) is 17.2 Å². The minimum absolute atomic E-state index is 0.0709. The van der Waals surface area contributed by atoms with Crippen molar-refractivity contribution in [2.45, 2.75) is 253 Å². The zero-order valence-corrected chi connectivity index (χ0v) is 54.8. The molecular formula is C66H97N9O10. The van der Waals surface area contributed by atoms with Crippen LogP contribution in [0.25, 0.3) is 0 Å². The lowest BCUT2D eigenvalue weighted by molar-refractivity contribution is -0.238. The van der Waals surface area contributed by atoms with Crippen molar-refractivity contribution >= 4 is 41.6 Å². The second kappa shape index (κ2) is 22.0. The molecule has 0 bridgehead atoms. The molecule has 4 saturated heterocycles. The number of nitrogens with zero attached hydrogens (tertiary/aromatic N) is 6. The van der Waals surface area contributed by atoms with Crippen molar-refractivity contribution in [2.75, 3.05) is 13.3 Å². The first-order valence-electron chi connectivity index (χ1n) is 30.0. The van der Waals surface area contributed by atoms with Crippen molar-refractivity contribution in [3.05, 3.63) is 86.5 Å². The summed E-state index contributed by atoms with van der Waals surface area (Å²) in [5.41, 5.74) is -0.550. The molecule has 3 aromatic carbocycles. The van der Waals surface area contributed by atoms with E-state index in [1.807, 2.05) is 161 Å². The summed E-state index contributed by atoms with van der Waals surface area (Å²) in [6.45, 7) is 41.2. The standard InChI is InChI=1S/C66H97N9O10/c1-23-47(76)51-71(74-53(81)65(21,68-56(74)84)28-25-39-32-43(60(8,9)10)49(78)44(33-39)61(11,12)13)36-70(73-52(80)64(20,67-55(73)83)27-24-38-30-41(58(2,3)4)48(77)42(31-38)59(5,6)7)37-72(51)75-54(82)66(22,69-57(75)85)29-26-40-34-45(62(14,15)16)50(79)46(35-40)63(17,18)19/h30-35,51,77-79H,23-29,36-37H2,1-22H3,(H,67,83)(H,68,84)(H,69,85). The van der Waals surface area contributed by atoms with E-state index in [0.717, 1.165) is 75.1 Å². The van der Waals surface area contributed by atoms with Gasteiger partial charge in [-0.1, -0.05) is 168 Å². The molecule has 3 atom stereocenters. The lowest BCUT2D eigenvalue weighted by atomic mass is 9.77. The lowest BCUT2D eigenvalue weighted by Crippen LogP contribution is -2.75. The molecule has 19 nitrogen and oxygen atoms in total. The van der Waals surface area contributed by atoms with E-state index in [2.05, 4.69) is 16.0 Å². The summed E-state index contributed by atoms with van der Waals surface area (Å²) in [6, 6.07) is 8.80. The Kier molecular flexibility index (Phi) is 17.1. The Morgan fingerprint density at radius 2 is 0.659 bits per heavy atom. The van der Waals surface area contributed by atoms with Crippen LogP contribution in [0.1, 0.15) is 228 Å². The summed E-state index contributed by atoms with van der Waals surface area (Å²) >= 11 is 0. The number of Topliss-reactive ketones (excluding diaryl/α,β-unsaturated/α-hetero) is 1. The van der Waals surface area contributed by atoms with Crippen molar-refractivity contribution in [1.82, 2.24) is 46.0 Å². The van der Waals surface area contributed by atoms with Crippen LogP contribution in [0.5, 0.6) is 17.2 Å². The first-order valence-corrected chi connectivity index (χ1v) is 30.0. The van der Waals surface area contributed by atoms with Gasteiger partial charge < -0.3 is 31.3 Å². The van der Waals surface area contributed by atoms with E-state index in [0.29, 0.717) is 6.42 Å². The van der Waals surface area contributed by atoms with Crippen LogP contribution in [0.4, 0.5) is 14.4 Å². The molecule has 4 heterocycles. The fraction of sp³-hybridized carbons (Fsp3) is 0.621. The van der Waals surface area contributed by atoms with Gasteiger partial charge >= 0.3 is 18.1 Å². The van der Waals surface area contributed by atoms with Gasteiger partial charge in [-0.05, 0) is 142 Å². The topological polar surface area (TPSA) is 236 Å². The fourth-order valence-corrected chi connectivity index (χ4v) is 12.0. The first-order chi connectivity index (χ1) is 38.6. The molecule has 3 unspecified atom stereocenters. The van der Waals surface area contributed by atoms with Gasteiger partial charge in [0.05, 0.1) is 13.3 Å². The van der Waals surface area contributed by atoms with Crippen LogP contribution < -0.4 is 16.0 Å². The zero-order chi connectivity index (χ0) is 64.2. The molecule has 4 aliphatic heterocycles. The number of urea groups is 3. The number of ketones is 1. The Balaban J connectivity index is 1.28. The maximum absolute atomic E-state index is 15.3. The Morgan fingerprint density at radius 3 is 0.882 bits per heavy atom. The number of hydrogen-bond donors (Lipinski definition) is 6. The molecule has 19 heteroatoms. The highest BCUT2D eigenvalue weighted by atomic mass is 16.3. The third kappa shape index (κ3) is 12.7. The molecule has 0 aromatic heterocycles. The Morgan fingerprint density at radius 1 is 0.435 bits per heavy atom. The maximum atomic E-state index is 15.3. The quantitative estimate of drug-likeness (QED) is 0.0825. The molecular weight excluding hydrogens is 1080 g/mol. The summed E-state index contributed by atoms with van der Waals surface area (Å²) in [6.07, 6.45) is -0.778. The van der Waals surface area contributed by atoms with Gasteiger partial charge in [-0.25, -0.2) is 14.4 Å². The molecule has 6 N–H and O–H groups in total. The number of hydrogen-bond acceptors (Lipinski definition) is 13. The summed E-state index contributed by atoms with van der Waals surface area (Å²) in [5.74, 6) is -2.24. The normalized spacial score (nSPS) is 23.6. The van der Waals surface area contributed by atoms with Crippen molar-refractivity contribution in [1.29, 1.82) is 0 Å². The van der Waals surface area contributed by atoms with Gasteiger partial charge in [-0.2, -0.15) is 30.1 Å². The number of carbonyl (C=O) groups excluding carboxylic acids is 7. The summed E-state index contributed by atoms with van der Waals surface area (Å²) < 4.78 is 0. The van der Waals surface area contributed by atoms with E-state index in [-0.39, 0.29) is 55.8 Å². The Labute approximate surface area is 504 Å². The molecule has 0 radical (unpaired) electrons. The number of carbonyl (C=O) groups is 7. The Bertz CT molecular complexity index is 2980. The number of benzene rings is 3. The van der Waals surface area contributed by atoms with Gasteiger partial charge in [-0.15, -0.1) is 0 Å². The second-order valence-corrected chi connectivity index (χ2v) is 31.1. The number of nitrogens with one attached hydrogen (secondary N) is 3. The van der Waals surface area contributed by atoms with Crippen molar-refractivity contribution < 1.29 is 48.9 Å². The van der Waals surface area contributed by atoms with E-state index in [1.54, 1.807) is 27.7 Å². The number of phenolic OH excluding ortho intramolecular Hbond substituents is 3. The fourth-order valence-electron chi connectivity index (χ4n) is 12.0. The van der Waals surface area contributed by atoms with E-state index in [4.69, 9.17) is 0 Å². The monoisotopic (exact) mass is 1180 g/mol.